The number of benzene rings is 1. The molecule has 112 valence electrons. The molecule has 1 aromatic rings. The second-order valence-electron chi connectivity index (χ2n) is 5.16. The smallest absolute Gasteiger partial charge is 0.478 e. The predicted molar refractivity (Wildman–Crippen MR) is 76.4 cm³/mol. The Kier molecular flexibility index (Phi) is 5.35. The minimum atomic E-state index is -1.16. The summed E-state index contributed by atoms with van der Waals surface area (Å²) in [7, 11) is -1.16. The van der Waals surface area contributed by atoms with E-state index in [0.29, 0.717) is 12.8 Å². The summed E-state index contributed by atoms with van der Waals surface area (Å²) < 4.78 is 5.22. The van der Waals surface area contributed by atoms with Crippen LogP contribution in [-0.4, -0.2) is 41.2 Å². The van der Waals surface area contributed by atoms with Crippen LogP contribution < -0.4 is 5.32 Å². The highest BCUT2D eigenvalue weighted by molar-refractivity contribution is 6.45. The van der Waals surface area contributed by atoms with Crippen molar-refractivity contribution in [2.45, 2.75) is 37.7 Å². The summed E-state index contributed by atoms with van der Waals surface area (Å²) in [5.74, 6) is -1.64. The van der Waals surface area contributed by atoms with Gasteiger partial charge in [0.1, 0.15) is 0 Å². The van der Waals surface area contributed by atoms with Gasteiger partial charge in [0.15, 0.2) is 0 Å². The lowest BCUT2D eigenvalue weighted by Crippen LogP contribution is -2.53. The Hall–Kier alpha value is -1.86. The number of aliphatic carboxylic acids is 1. The predicted octanol–water partition coefficient (Wildman–Crippen LogP) is 0.387. The summed E-state index contributed by atoms with van der Waals surface area (Å²) in [5, 5.41) is 21.3. The minimum Gasteiger partial charge on any atom is -0.481 e. The molecule has 0 bridgehead atoms. The first-order valence-electron chi connectivity index (χ1n) is 6.93. The van der Waals surface area contributed by atoms with E-state index in [1.165, 1.54) is 0 Å². The number of hydrogen-bond acceptors (Lipinski definition) is 4. The third-order valence-corrected chi connectivity index (χ3v) is 3.43. The molecule has 7 heteroatoms. The van der Waals surface area contributed by atoms with Crippen LogP contribution in [0.4, 0.5) is 0 Å². The van der Waals surface area contributed by atoms with Gasteiger partial charge in [-0.15, -0.1) is 0 Å². The van der Waals surface area contributed by atoms with Crippen molar-refractivity contribution < 1.29 is 24.4 Å². The molecular formula is C14H18BNO5. The number of carbonyl (C=O) groups excluding carboxylic acids is 1. The number of carbonyl (C=O) groups is 2. The molecule has 6 nitrogen and oxygen atoms in total. The number of hydrogen-bond donors (Lipinski definition) is 3. The van der Waals surface area contributed by atoms with E-state index in [1.807, 2.05) is 30.3 Å². The van der Waals surface area contributed by atoms with Crippen LogP contribution in [-0.2, 0) is 20.7 Å². The molecule has 21 heavy (non-hydrogen) atoms. The molecule has 0 aromatic heterocycles. The maximum atomic E-state index is 11.9. The van der Waals surface area contributed by atoms with Crippen molar-refractivity contribution in [3.05, 3.63) is 35.9 Å². The molecule has 0 aliphatic carbocycles. The van der Waals surface area contributed by atoms with E-state index in [1.54, 1.807) is 0 Å². The number of amides is 1. The molecule has 3 N–H and O–H groups in total. The molecule has 0 spiro atoms. The van der Waals surface area contributed by atoms with Crippen LogP contribution in [0.5, 0.6) is 0 Å². The molecule has 0 unspecified atom stereocenters. The van der Waals surface area contributed by atoms with Crippen molar-refractivity contribution in [3.63, 3.8) is 0 Å². The van der Waals surface area contributed by atoms with Gasteiger partial charge in [-0.2, -0.15) is 0 Å². The van der Waals surface area contributed by atoms with E-state index in [0.717, 1.165) is 5.56 Å². The standard InChI is InChI=1S/C14H18BNO5/c17-13(8-10-4-2-1-3-5-10)16-12-7-6-11(9-14(18)19)21-15(12)20/h1-5,11-12,20H,6-9H2,(H,16,17)(H,18,19)/t11-,12-/m0/s1. The van der Waals surface area contributed by atoms with Gasteiger partial charge < -0.3 is 20.1 Å². The summed E-state index contributed by atoms with van der Waals surface area (Å²) >= 11 is 0. The summed E-state index contributed by atoms with van der Waals surface area (Å²) in [6.45, 7) is 0. The van der Waals surface area contributed by atoms with Gasteiger partial charge in [-0.1, -0.05) is 30.3 Å². The summed E-state index contributed by atoms with van der Waals surface area (Å²) in [6.07, 6.45) is 0.601. The third kappa shape index (κ3) is 4.88. The van der Waals surface area contributed by atoms with E-state index in [4.69, 9.17) is 9.76 Å². The molecule has 2 rings (SSSR count). The topological polar surface area (TPSA) is 95.9 Å². The SMILES string of the molecule is O=C(O)C[C@@H]1CC[C@H](NC(=O)Cc2ccccc2)B(O)O1. The van der Waals surface area contributed by atoms with E-state index < -0.39 is 25.1 Å². The Morgan fingerprint density at radius 2 is 2.00 bits per heavy atom. The van der Waals surface area contributed by atoms with E-state index in [9.17, 15) is 14.6 Å². The minimum absolute atomic E-state index is 0.137. The van der Waals surface area contributed by atoms with Gasteiger partial charge in [-0.3, -0.25) is 9.59 Å². The highest BCUT2D eigenvalue weighted by atomic mass is 16.5. The fourth-order valence-electron chi connectivity index (χ4n) is 2.40. The van der Waals surface area contributed by atoms with Crippen LogP contribution >= 0.6 is 0 Å². The van der Waals surface area contributed by atoms with Crippen molar-refractivity contribution in [1.82, 2.24) is 5.32 Å². The van der Waals surface area contributed by atoms with Gasteiger partial charge in [0.2, 0.25) is 5.91 Å². The van der Waals surface area contributed by atoms with Crippen molar-refractivity contribution in [1.29, 1.82) is 0 Å². The zero-order chi connectivity index (χ0) is 15.2. The van der Waals surface area contributed by atoms with Gasteiger partial charge in [0.05, 0.1) is 24.9 Å². The highest BCUT2D eigenvalue weighted by Gasteiger charge is 2.36. The third-order valence-electron chi connectivity index (χ3n) is 3.43. The maximum Gasteiger partial charge on any atom is 0.478 e. The fraction of sp³-hybridized carbons (Fsp3) is 0.429. The van der Waals surface area contributed by atoms with Gasteiger partial charge in [0, 0.05) is 0 Å². The number of nitrogens with one attached hydrogen (secondary N) is 1. The first-order chi connectivity index (χ1) is 10.0. The Morgan fingerprint density at radius 1 is 1.29 bits per heavy atom. The lowest BCUT2D eigenvalue weighted by Gasteiger charge is -2.30. The molecule has 1 aliphatic rings. The average Bonchev–Trinajstić information content (AvgIpc) is 2.42. The van der Waals surface area contributed by atoms with E-state index in [-0.39, 0.29) is 18.7 Å². The van der Waals surface area contributed by atoms with Gasteiger partial charge in [-0.05, 0) is 18.4 Å². The summed E-state index contributed by atoms with van der Waals surface area (Å²) in [5.41, 5.74) is 0.893. The van der Waals surface area contributed by atoms with Gasteiger partial charge in [0.25, 0.3) is 0 Å². The maximum absolute atomic E-state index is 11.9. The van der Waals surface area contributed by atoms with E-state index >= 15 is 0 Å². The van der Waals surface area contributed by atoms with Crippen molar-refractivity contribution in [3.8, 4) is 0 Å². The highest BCUT2D eigenvalue weighted by Crippen LogP contribution is 2.18. The summed E-state index contributed by atoms with van der Waals surface area (Å²) in [4.78, 5) is 22.5. The molecule has 0 radical (unpaired) electrons. The van der Waals surface area contributed by atoms with Crippen LogP contribution in [0.15, 0.2) is 30.3 Å². The quantitative estimate of drug-likeness (QED) is 0.682. The molecule has 1 aromatic carbocycles. The van der Waals surface area contributed by atoms with Crippen LogP contribution in [0, 0.1) is 0 Å². The first-order valence-corrected chi connectivity index (χ1v) is 6.93. The number of rotatable bonds is 5. The Labute approximate surface area is 123 Å². The monoisotopic (exact) mass is 291 g/mol. The first kappa shape index (κ1) is 15.5. The largest absolute Gasteiger partial charge is 0.481 e. The zero-order valence-corrected chi connectivity index (χ0v) is 11.6. The molecule has 1 amide bonds. The lowest BCUT2D eigenvalue weighted by molar-refractivity contribution is -0.139. The van der Waals surface area contributed by atoms with E-state index in [2.05, 4.69) is 5.32 Å². The second-order valence-corrected chi connectivity index (χ2v) is 5.16. The van der Waals surface area contributed by atoms with Gasteiger partial charge in [-0.25, -0.2) is 0 Å². The number of carboxylic acid groups (broad SMARTS) is 1. The molecule has 1 saturated heterocycles. The lowest BCUT2D eigenvalue weighted by atomic mass is 9.72. The number of carboxylic acids is 1. The van der Waals surface area contributed by atoms with Crippen LogP contribution in [0.1, 0.15) is 24.8 Å². The van der Waals surface area contributed by atoms with Crippen molar-refractivity contribution >= 4 is 19.0 Å². The van der Waals surface area contributed by atoms with Crippen LogP contribution in [0.2, 0.25) is 0 Å². The molecule has 1 aliphatic heterocycles. The summed E-state index contributed by atoms with van der Waals surface area (Å²) in [6, 6.07) is 9.31. The Balaban J connectivity index is 1.81. The molecule has 1 fully saturated rings. The second kappa shape index (κ2) is 7.24. The molecule has 1 heterocycles. The Bertz CT molecular complexity index is 495. The fourth-order valence-corrected chi connectivity index (χ4v) is 2.40. The molecular weight excluding hydrogens is 273 g/mol. The van der Waals surface area contributed by atoms with Crippen LogP contribution in [0.3, 0.4) is 0 Å². The Morgan fingerprint density at radius 3 is 2.62 bits per heavy atom. The normalized spacial score (nSPS) is 21.9. The average molecular weight is 291 g/mol. The molecule has 2 atom stereocenters. The zero-order valence-electron chi connectivity index (χ0n) is 11.6. The van der Waals surface area contributed by atoms with Crippen molar-refractivity contribution in [2.24, 2.45) is 0 Å². The van der Waals surface area contributed by atoms with Gasteiger partial charge >= 0.3 is 13.1 Å². The van der Waals surface area contributed by atoms with Crippen molar-refractivity contribution in [2.75, 3.05) is 0 Å². The van der Waals surface area contributed by atoms with Crippen LogP contribution in [0.25, 0.3) is 0 Å². The molecule has 0 saturated carbocycles.